The number of benzene rings is 1. The lowest BCUT2D eigenvalue weighted by Crippen LogP contribution is -2.53. The summed E-state index contributed by atoms with van der Waals surface area (Å²) >= 11 is 0. The van der Waals surface area contributed by atoms with Gasteiger partial charge in [0.1, 0.15) is 0 Å². The van der Waals surface area contributed by atoms with Crippen molar-refractivity contribution in [3.8, 4) is 5.75 Å². The maximum absolute atomic E-state index is 14.1. The molecule has 0 bridgehead atoms. The van der Waals surface area contributed by atoms with E-state index < -0.39 is 5.82 Å². The predicted molar refractivity (Wildman–Crippen MR) is 75.6 cm³/mol. The van der Waals surface area contributed by atoms with E-state index in [2.05, 4.69) is 4.90 Å². The fraction of sp³-hybridized carbons (Fsp3) is 0.533. The van der Waals surface area contributed by atoms with Crippen molar-refractivity contribution in [3.63, 3.8) is 0 Å². The van der Waals surface area contributed by atoms with Gasteiger partial charge in [-0.3, -0.25) is 9.69 Å². The number of methoxy groups -OCH3 is 1. The molecule has 0 radical (unpaired) electrons. The molecule has 1 aliphatic rings. The molecule has 5 heteroatoms. The van der Waals surface area contributed by atoms with Gasteiger partial charge in [0.05, 0.1) is 13.2 Å². The zero-order chi connectivity index (χ0) is 14.7. The van der Waals surface area contributed by atoms with Gasteiger partial charge in [-0.25, -0.2) is 4.39 Å². The molecule has 0 aliphatic carbocycles. The van der Waals surface area contributed by atoms with E-state index in [1.54, 1.807) is 18.2 Å². The highest BCUT2D eigenvalue weighted by Crippen LogP contribution is 2.21. The maximum Gasteiger partial charge on any atom is 0.168 e. The number of carbonyl (C=O) groups is 1. The van der Waals surface area contributed by atoms with Crippen molar-refractivity contribution in [3.05, 3.63) is 29.6 Å². The Hall–Kier alpha value is -1.46. The third kappa shape index (κ3) is 3.16. The van der Waals surface area contributed by atoms with Gasteiger partial charge >= 0.3 is 0 Å². The molecule has 4 nitrogen and oxygen atoms in total. The standard InChI is InChI=1S/C15H21FN2O2/c1-17-7-8-18(2)12(10-17)13(19)9-11-5-4-6-14(20-3)15(11)16/h4-6,12H,7-10H2,1-3H3. The Morgan fingerprint density at radius 1 is 1.40 bits per heavy atom. The van der Waals surface area contributed by atoms with Crippen molar-refractivity contribution in [2.45, 2.75) is 12.5 Å². The molecule has 1 saturated heterocycles. The monoisotopic (exact) mass is 280 g/mol. The predicted octanol–water partition coefficient (Wildman–Crippen LogP) is 1.19. The summed E-state index contributed by atoms with van der Waals surface area (Å²) in [6.07, 6.45) is 0.103. The number of nitrogens with zero attached hydrogens (tertiary/aromatic N) is 2. The average Bonchev–Trinajstić information content (AvgIpc) is 2.43. The quantitative estimate of drug-likeness (QED) is 0.829. The van der Waals surface area contributed by atoms with Crippen LogP contribution in [0, 0.1) is 5.82 Å². The molecule has 1 aliphatic heterocycles. The van der Waals surface area contributed by atoms with Gasteiger partial charge in [0.2, 0.25) is 0 Å². The van der Waals surface area contributed by atoms with E-state index >= 15 is 0 Å². The van der Waals surface area contributed by atoms with Crippen LogP contribution in [0.15, 0.2) is 18.2 Å². The molecule has 1 heterocycles. The highest BCUT2D eigenvalue weighted by Gasteiger charge is 2.28. The summed E-state index contributed by atoms with van der Waals surface area (Å²) in [5, 5.41) is 0. The van der Waals surface area contributed by atoms with E-state index in [9.17, 15) is 9.18 Å². The Morgan fingerprint density at radius 2 is 2.15 bits per heavy atom. The Labute approximate surface area is 119 Å². The maximum atomic E-state index is 14.1. The lowest BCUT2D eigenvalue weighted by atomic mass is 10.0. The van der Waals surface area contributed by atoms with Gasteiger partial charge in [-0.05, 0) is 25.7 Å². The molecule has 1 atom stereocenters. The van der Waals surface area contributed by atoms with Crippen LogP contribution >= 0.6 is 0 Å². The molecular weight excluding hydrogens is 259 g/mol. The van der Waals surface area contributed by atoms with Crippen molar-refractivity contribution in [1.82, 2.24) is 9.80 Å². The van der Waals surface area contributed by atoms with E-state index in [0.29, 0.717) is 12.1 Å². The molecule has 0 aromatic heterocycles. The number of halogens is 1. The van der Waals surface area contributed by atoms with E-state index in [4.69, 9.17) is 4.74 Å². The number of Topliss-reactive ketones (excluding diaryl/α,β-unsaturated/α-hetero) is 1. The van der Waals surface area contributed by atoms with Crippen LogP contribution in [-0.2, 0) is 11.2 Å². The smallest absolute Gasteiger partial charge is 0.168 e. The van der Waals surface area contributed by atoms with Gasteiger partial charge in [-0.1, -0.05) is 12.1 Å². The zero-order valence-electron chi connectivity index (χ0n) is 12.2. The number of likely N-dealkylation sites (N-methyl/N-ethyl adjacent to an activating group) is 2. The van der Waals surface area contributed by atoms with E-state index in [1.165, 1.54) is 7.11 Å². The first-order valence-electron chi connectivity index (χ1n) is 6.75. The van der Waals surface area contributed by atoms with Gasteiger partial charge in [0.25, 0.3) is 0 Å². The van der Waals surface area contributed by atoms with Crippen LogP contribution in [0.1, 0.15) is 5.56 Å². The lowest BCUT2D eigenvalue weighted by molar-refractivity contribution is -0.125. The first-order valence-corrected chi connectivity index (χ1v) is 6.75. The third-order valence-corrected chi connectivity index (χ3v) is 3.85. The third-order valence-electron chi connectivity index (χ3n) is 3.85. The molecule has 1 aromatic carbocycles. The SMILES string of the molecule is COc1cccc(CC(=O)C2CN(C)CCN2C)c1F. The highest BCUT2D eigenvalue weighted by molar-refractivity contribution is 5.86. The van der Waals surface area contributed by atoms with Crippen LogP contribution in [0.25, 0.3) is 0 Å². The molecule has 0 spiro atoms. The number of hydrogen-bond acceptors (Lipinski definition) is 4. The zero-order valence-corrected chi connectivity index (χ0v) is 12.2. The summed E-state index contributed by atoms with van der Waals surface area (Å²) in [6, 6.07) is 4.74. The van der Waals surface area contributed by atoms with Crippen molar-refractivity contribution < 1.29 is 13.9 Å². The highest BCUT2D eigenvalue weighted by atomic mass is 19.1. The van der Waals surface area contributed by atoms with Gasteiger partial charge in [0.15, 0.2) is 17.3 Å². The molecule has 20 heavy (non-hydrogen) atoms. The summed E-state index contributed by atoms with van der Waals surface area (Å²) in [6.45, 7) is 2.50. The fourth-order valence-electron chi connectivity index (χ4n) is 2.51. The first-order chi connectivity index (χ1) is 9.52. The molecule has 0 saturated carbocycles. The van der Waals surface area contributed by atoms with Crippen LogP contribution in [0.5, 0.6) is 5.75 Å². The van der Waals surface area contributed by atoms with Crippen LogP contribution in [0.4, 0.5) is 4.39 Å². The summed E-state index contributed by atoms with van der Waals surface area (Å²) in [5.41, 5.74) is 0.399. The Bertz CT molecular complexity index is 493. The van der Waals surface area contributed by atoms with Crippen LogP contribution in [-0.4, -0.2) is 62.5 Å². The van der Waals surface area contributed by atoms with Crippen LogP contribution in [0.3, 0.4) is 0 Å². The summed E-state index contributed by atoms with van der Waals surface area (Å²) < 4.78 is 19.0. The molecule has 2 rings (SSSR count). The van der Waals surface area contributed by atoms with E-state index in [1.807, 2.05) is 19.0 Å². The van der Waals surface area contributed by atoms with Gasteiger partial charge in [-0.15, -0.1) is 0 Å². The molecule has 1 aromatic rings. The molecule has 110 valence electrons. The van der Waals surface area contributed by atoms with Crippen LogP contribution in [0.2, 0.25) is 0 Å². The molecular formula is C15H21FN2O2. The van der Waals surface area contributed by atoms with Gasteiger partial charge < -0.3 is 9.64 Å². The lowest BCUT2D eigenvalue weighted by Gasteiger charge is -2.36. The second-order valence-electron chi connectivity index (χ2n) is 5.34. The Balaban J connectivity index is 2.11. The molecule has 0 amide bonds. The minimum Gasteiger partial charge on any atom is -0.494 e. The minimum atomic E-state index is -0.435. The second-order valence-corrected chi connectivity index (χ2v) is 5.34. The van der Waals surface area contributed by atoms with E-state index in [0.717, 1.165) is 13.1 Å². The van der Waals surface area contributed by atoms with Crippen molar-refractivity contribution >= 4 is 5.78 Å². The summed E-state index contributed by atoms with van der Waals surface area (Å²) in [7, 11) is 5.37. The largest absolute Gasteiger partial charge is 0.494 e. The summed E-state index contributed by atoms with van der Waals surface area (Å²) in [4.78, 5) is 16.6. The minimum absolute atomic E-state index is 0.0474. The summed E-state index contributed by atoms with van der Waals surface area (Å²) in [5.74, 6) is -0.203. The number of carbonyl (C=O) groups excluding carboxylic acids is 1. The number of piperazine rings is 1. The Kier molecular flexibility index (Phi) is 4.73. The fourth-order valence-corrected chi connectivity index (χ4v) is 2.51. The Morgan fingerprint density at radius 3 is 2.85 bits per heavy atom. The number of rotatable bonds is 4. The van der Waals surface area contributed by atoms with Gasteiger partial charge in [-0.2, -0.15) is 0 Å². The molecule has 1 fully saturated rings. The van der Waals surface area contributed by atoms with Crippen molar-refractivity contribution in [2.75, 3.05) is 40.8 Å². The number of hydrogen-bond donors (Lipinski definition) is 0. The van der Waals surface area contributed by atoms with Crippen molar-refractivity contribution in [2.24, 2.45) is 0 Å². The molecule has 0 N–H and O–H groups in total. The number of ketones is 1. The topological polar surface area (TPSA) is 32.8 Å². The van der Waals surface area contributed by atoms with Gasteiger partial charge in [0, 0.05) is 26.1 Å². The second kappa shape index (κ2) is 6.33. The van der Waals surface area contributed by atoms with Crippen LogP contribution < -0.4 is 4.74 Å². The average molecular weight is 280 g/mol. The van der Waals surface area contributed by atoms with Crippen molar-refractivity contribution in [1.29, 1.82) is 0 Å². The van der Waals surface area contributed by atoms with E-state index in [-0.39, 0.29) is 24.0 Å². The normalized spacial score (nSPS) is 20.9. The number of ether oxygens (including phenoxy) is 1. The first kappa shape index (κ1) is 14.9. The molecule has 1 unspecified atom stereocenters.